The van der Waals surface area contributed by atoms with Crippen LogP contribution >= 0.6 is 0 Å². The molecule has 0 bridgehead atoms. The predicted octanol–water partition coefficient (Wildman–Crippen LogP) is 0.752. The van der Waals surface area contributed by atoms with Crippen molar-refractivity contribution < 1.29 is 67.6 Å². The van der Waals surface area contributed by atoms with Crippen LogP contribution in [0, 0.1) is 18.7 Å². The van der Waals surface area contributed by atoms with Crippen molar-refractivity contribution in [3.05, 3.63) is 97.6 Å². The van der Waals surface area contributed by atoms with Crippen molar-refractivity contribution in [3.63, 3.8) is 0 Å². The number of likely N-dealkylation sites (tertiary alicyclic amines) is 1. The maximum absolute atomic E-state index is 15.4. The van der Waals surface area contributed by atoms with Crippen LogP contribution < -0.4 is 37.5 Å². The van der Waals surface area contributed by atoms with Gasteiger partial charge < -0.3 is 51.0 Å². The molecule has 22 nitrogen and oxygen atoms in total. The molecule has 1 saturated heterocycles. The first-order valence-corrected chi connectivity index (χ1v) is 24.9. The van der Waals surface area contributed by atoms with Gasteiger partial charge in [0, 0.05) is 54.3 Å². The van der Waals surface area contributed by atoms with Gasteiger partial charge in [0.15, 0.2) is 5.60 Å². The van der Waals surface area contributed by atoms with E-state index in [1.165, 1.54) is 21.6 Å². The van der Waals surface area contributed by atoms with E-state index in [4.69, 9.17) is 19.9 Å². The second kappa shape index (κ2) is 23.3. The minimum atomic E-state index is -3.22. The molecule has 1 fully saturated rings. The Kier molecular flexibility index (Phi) is 15.0. The summed E-state index contributed by atoms with van der Waals surface area (Å²) >= 11 is 0. The van der Waals surface area contributed by atoms with E-state index in [0.717, 1.165) is 0 Å². The fraction of sp³-hybridized carbons (Fsp3) is 0.453. The Morgan fingerprint density at radius 2 is 1.68 bits per heavy atom. The average molecular weight is 1050 g/mol. The number of aryl methyl sites for hydroxylation is 1. The third kappa shape index (κ3) is 11.6. The summed E-state index contributed by atoms with van der Waals surface area (Å²) in [6, 6.07) is 8.44. The molecule has 0 saturated carbocycles. The van der Waals surface area contributed by atoms with Gasteiger partial charge in [0.2, 0.25) is 47.3 Å². The van der Waals surface area contributed by atoms with Gasteiger partial charge in [-0.05, 0) is 67.3 Å². The second-order valence-corrected chi connectivity index (χ2v) is 19.1. The molecular formula is C53H60FN9O13. The molecular weight excluding hydrogens is 990 g/mol. The first-order valence-electron chi connectivity index (χ1n) is 26.9. The van der Waals surface area contributed by atoms with Crippen LogP contribution in [-0.4, -0.2) is 118 Å². The van der Waals surface area contributed by atoms with Crippen molar-refractivity contribution in [1.82, 2.24) is 46.4 Å². The van der Waals surface area contributed by atoms with Crippen LogP contribution in [0.4, 0.5) is 4.39 Å². The van der Waals surface area contributed by atoms with Crippen molar-refractivity contribution in [2.24, 2.45) is 5.92 Å². The minimum Gasteiger partial charge on any atom is -0.458 e. The maximum Gasteiger partial charge on any atom is 0.343 e. The molecule has 7 N–H and O–H groups in total. The molecule has 402 valence electrons. The molecule has 3 aliphatic heterocycles. The Balaban J connectivity index is 0.854. The molecule has 2 aromatic carbocycles. The zero-order chi connectivity index (χ0) is 58.0. The number of aliphatic hydroxyl groups is 1. The zero-order valence-corrected chi connectivity index (χ0v) is 41.9. The van der Waals surface area contributed by atoms with E-state index in [-0.39, 0.29) is 104 Å². The zero-order valence-electron chi connectivity index (χ0n) is 45.9. The smallest absolute Gasteiger partial charge is 0.343 e. The van der Waals surface area contributed by atoms with E-state index < -0.39 is 103 Å². The summed E-state index contributed by atoms with van der Waals surface area (Å²) in [7, 11) is 0. The number of hydrogen-bond acceptors (Lipinski definition) is 14. The number of rotatable bonds is 22. The number of esters is 1. The van der Waals surface area contributed by atoms with Crippen molar-refractivity contribution in [2.75, 3.05) is 39.4 Å². The number of aromatic nitrogens is 2. The van der Waals surface area contributed by atoms with Crippen LogP contribution in [0.1, 0.15) is 109 Å². The number of amides is 8. The average Bonchev–Trinajstić information content (AvgIpc) is 3.91. The standard InChI is InChI=1S/C53H60FN9O13/c1-4-53(74)34-19-39-48-32(24-63(39)51(72)33(34)25-76-52(53)73)47-36(15-14-31-29(3)35(54)20-37(61-48)46(31)47)59-44(68)26-75-27-58-42(66)22-57-49(70)38(18-30-11-7-5-8-12-30)60-43(67)23-56-41(65)21-55-40(64)13-9-6-10-16-62-45(69)17-28(2)50(62)71/h5,7-8,11-12,19-20,28,36,38,74H,4,6,9-10,13-18,21-27H2,1-3H3,(H,55,64)(H,56,65)(H,57,70)(H,58,66)(H,59,68)(H,60,67)/t28?,36-,38-,53-/m0/s1/i22D2,26D2. The highest BCUT2D eigenvalue weighted by atomic mass is 19.1. The summed E-state index contributed by atoms with van der Waals surface area (Å²) in [5.41, 5.74) is 0.318. The molecule has 23 heteroatoms. The van der Waals surface area contributed by atoms with Gasteiger partial charge >= 0.3 is 5.97 Å². The van der Waals surface area contributed by atoms with Gasteiger partial charge in [-0.3, -0.25) is 48.1 Å². The highest BCUT2D eigenvalue weighted by Gasteiger charge is 2.46. The topological polar surface area (TPSA) is 303 Å². The van der Waals surface area contributed by atoms with Crippen LogP contribution in [0.3, 0.4) is 0 Å². The number of imide groups is 1. The van der Waals surface area contributed by atoms with Gasteiger partial charge in [0.05, 0.1) is 60.1 Å². The summed E-state index contributed by atoms with van der Waals surface area (Å²) in [5, 5.41) is 25.6. The normalized spacial score (nSPS) is 19.6. The fourth-order valence-electron chi connectivity index (χ4n) is 9.97. The summed E-state index contributed by atoms with van der Waals surface area (Å²) in [6.07, 6.45) is 1.78. The van der Waals surface area contributed by atoms with Gasteiger partial charge in [-0.2, -0.15) is 0 Å². The molecule has 4 atom stereocenters. The van der Waals surface area contributed by atoms with Crippen molar-refractivity contribution in [1.29, 1.82) is 0 Å². The number of benzene rings is 2. The Labute approximate surface area is 440 Å². The number of hydrogen-bond donors (Lipinski definition) is 7. The van der Waals surface area contributed by atoms with Crippen LogP contribution in [0.5, 0.6) is 0 Å². The number of carbonyl (C=O) groups excluding carboxylic acids is 9. The highest BCUT2D eigenvalue weighted by molar-refractivity contribution is 6.03. The number of nitrogens with one attached hydrogen (secondary N) is 6. The number of carbonyl (C=O) groups is 9. The van der Waals surface area contributed by atoms with E-state index >= 15 is 4.39 Å². The summed E-state index contributed by atoms with van der Waals surface area (Å²) in [5.74, 6) is -8.37. The lowest BCUT2D eigenvalue weighted by molar-refractivity contribution is -0.172. The van der Waals surface area contributed by atoms with E-state index in [1.807, 2.05) is 10.6 Å². The van der Waals surface area contributed by atoms with Crippen molar-refractivity contribution >= 4 is 64.1 Å². The van der Waals surface area contributed by atoms with Crippen LogP contribution in [0.2, 0.25) is 0 Å². The third-order valence-corrected chi connectivity index (χ3v) is 14.0. The monoisotopic (exact) mass is 1050 g/mol. The summed E-state index contributed by atoms with van der Waals surface area (Å²) in [4.78, 5) is 135. The Hall–Kier alpha value is -7.92. The van der Waals surface area contributed by atoms with Gasteiger partial charge in [0.25, 0.3) is 5.56 Å². The fourth-order valence-corrected chi connectivity index (χ4v) is 9.97. The maximum atomic E-state index is 15.4. The number of halogens is 1. The molecule has 76 heavy (non-hydrogen) atoms. The van der Waals surface area contributed by atoms with Crippen LogP contribution in [0.25, 0.3) is 22.3 Å². The van der Waals surface area contributed by atoms with Crippen LogP contribution in [0.15, 0.2) is 47.3 Å². The quantitative estimate of drug-likeness (QED) is 0.0218. The molecule has 1 unspecified atom stereocenters. The lowest BCUT2D eigenvalue weighted by atomic mass is 9.81. The minimum absolute atomic E-state index is 0.0490. The van der Waals surface area contributed by atoms with Crippen molar-refractivity contribution in [2.45, 2.75) is 109 Å². The first-order chi connectivity index (χ1) is 37.8. The Morgan fingerprint density at radius 3 is 2.42 bits per heavy atom. The number of ether oxygens (including phenoxy) is 2. The number of pyridine rings is 2. The Morgan fingerprint density at radius 1 is 0.934 bits per heavy atom. The van der Waals surface area contributed by atoms with Gasteiger partial charge in [-0.15, -0.1) is 0 Å². The number of nitrogens with zero attached hydrogens (tertiary/aromatic N) is 3. The largest absolute Gasteiger partial charge is 0.458 e. The highest BCUT2D eigenvalue weighted by Crippen LogP contribution is 2.46. The second-order valence-electron chi connectivity index (χ2n) is 19.1. The molecule has 8 rings (SSSR count). The van der Waals surface area contributed by atoms with E-state index in [2.05, 4.69) is 21.3 Å². The third-order valence-electron chi connectivity index (χ3n) is 14.0. The Bertz CT molecular complexity index is 3290. The number of cyclic esters (lactones) is 1. The van der Waals surface area contributed by atoms with E-state index in [1.54, 1.807) is 51.1 Å². The van der Waals surface area contributed by atoms with E-state index in [0.29, 0.717) is 52.5 Å². The molecule has 2 aromatic heterocycles. The van der Waals surface area contributed by atoms with Crippen molar-refractivity contribution in [3.8, 4) is 11.4 Å². The first kappa shape index (κ1) is 49.0. The van der Waals surface area contributed by atoms with Gasteiger partial charge in [0.1, 0.15) is 31.8 Å². The van der Waals surface area contributed by atoms with Gasteiger partial charge in [-0.25, -0.2) is 14.2 Å². The molecule has 5 heterocycles. The molecule has 1 aliphatic carbocycles. The molecule has 0 spiro atoms. The number of unbranched alkanes of at least 4 members (excludes halogenated alkanes) is 2. The summed E-state index contributed by atoms with van der Waals surface area (Å²) in [6.45, 7) is -4.03. The number of fused-ring (bicyclic) bond motifs is 5. The molecule has 4 aliphatic rings. The van der Waals surface area contributed by atoms with E-state index in [9.17, 15) is 53.1 Å². The summed E-state index contributed by atoms with van der Waals surface area (Å²) < 4.78 is 60.9. The molecule has 8 amide bonds. The predicted molar refractivity (Wildman–Crippen MR) is 267 cm³/mol. The van der Waals surface area contributed by atoms with Gasteiger partial charge in [-0.1, -0.05) is 50.6 Å². The molecule has 4 aromatic rings. The SMILES string of the molecule is [2H]C([2H])(NC(=O)[C@H](Cc1ccccc1)NC(=O)CNC(=O)CNC(=O)CCCCCN1C(=O)CC(C)C1=O)C(=O)NCOC([2H])([2H])C(=O)N[C@H]1CCc2c(C)c(F)cc3nc4c(c1c23)Cn1c-4cc2c(c1=O)COC(=O)[C@]2(O)CC. The lowest BCUT2D eigenvalue weighted by Crippen LogP contribution is -2.52. The lowest BCUT2D eigenvalue weighted by Gasteiger charge is -2.31. The molecule has 0 radical (unpaired) electrons. The van der Waals surface area contributed by atoms with Crippen LogP contribution in [-0.2, 0) is 84.2 Å².